The molecule has 0 heterocycles. The number of hydrogen-bond donors (Lipinski definition) is 0. The molecule has 1 aromatic rings. The molecule has 0 N–H and O–H groups in total. The lowest BCUT2D eigenvalue weighted by molar-refractivity contribution is 1.43. The second kappa shape index (κ2) is 6.51. The van der Waals surface area contributed by atoms with Crippen molar-refractivity contribution in [2.75, 3.05) is 7.05 Å². The lowest BCUT2D eigenvalue weighted by atomic mass is 10.2. The van der Waals surface area contributed by atoms with Crippen molar-refractivity contribution in [3.05, 3.63) is 34.3 Å². The minimum Gasteiger partial charge on any atom is -0.275 e. The van der Waals surface area contributed by atoms with Gasteiger partial charge in [-0.2, -0.15) is 0 Å². The SMILES string of the molecule is CN=P.Cc1ccccc1Br. The Hall–Kier alpha value is -0.200. The Morgan fingerprint density at radius 1 is 1.36 bits per heavy atom. The van der Waals surface area contributed by atoms with Gasteiger partial charge in [-0.3, -0.25) is 4.74 Å². The quantitative estimate of drug-likeness (QED) is 0.604. The Morgan fingerprint density at radius 2 is 1.82 bits per heavy atom. The molecule has 1 aromatic carbocycles. The van der Waals surface area contributed by atoms with Crippen molar-refractivity contribution in [2.24, 2.45) is 4.74 Å². The molecule has 0 aliphatic carbocycles. The van der Waals surface area contributed by atoms with Crippen LogP contribution in [0.4, 0.5) is 0 Å². The lowest BCUT2D eigenvalue weighted by Crippen LogP contribution is -1.69. The Kier molecular flexibility index (Phi) is 6.39. The van der Waals surface area contributed by atoms with E-state index >= 15 is 0 Å². The van der Waals surface area contributed by atoms with Gasteiger partial charge in [-0.05, 0) is 27.6 Å². The molecule has 0 saturated carbocycles. The molecule has 0 aliphatic rings. The fourth-order valence-electron chi connectivity index (χ4n) is 0.551. The first-order valence-corrected chi connectivity index (χ1v) is 4.43. The molecule has 0 radical (unpaired) electrons. The Bertz CT molecular complexity index is 204. The maximum absolute atomic E-state index is 3.40. The van der Waals surface area contributed by atoms with Crippen molar-refractivity contribution in [3.63, 3.8) is 0 Å². The van der Waals surface area contributed by atoms with Crippen LogP contribution in [0.15, 0.2) is 33.5 Å². The molecule has 0 fully saturated rings. The Labute approximate surface area is 78.3 Å². The summed E-state index contributed by atoms with van der Waals surface area (Å²) in [6, 6.07) is 8.15. The van der Waals surface area contributed by atoms with Gasteiger partial charge in [0.05, 0.1) is 0 Å². The molecule has 0 atom stereocenters. The van der Waals surface area contributed by atoms with Gasteiger partial charge in [0.25, 0.3) is 0 Å². The average molecular weight is 232 g/mol. The number of benzene rings is 1. The van der Waals surface area contributed by atoms with Crippen LogP contribution in [0.25, 0.3) is 0 Å². The van der Waals surface area contributed by atoms with Crippen molar-refractivity contribution >= 4 is 25.0 Å². The zero-order valence-corrected chi connectivity index (χ0v) is 9.22. The standard InChI is InChI=1S/C7H7Br.CH4NP/c1-6-4-2-3-5-7(6)8;1-2-3/h2-5H,1H3;3H,1H3. The molecule has 60 valence electrons. The molecule has 1 rings (SSSR count). The summed E-state index contributed by atoms with van der Waals surface area (Å²) in [5, 5.41) is 0. The van der Waals surface area contributed by atoms with Crippen LogP contribution in [-0.2, 0) is 0 Å². The van der Waals surface area contributed by atoms with Crippen molar-refractivity contribution in [1.29, 1.82) is 0 Å². The minimum absolute atomic E-state index is 1.18. The van der Waals surface area contributed by atoms with Crippen LogP contribution in [0.2, 0.25) is 0 Å². The van der Waals surface area contributed by atoms with Crippen molar-refractivity contribution in [3.8, 4) is 0 Å². The highest BCUT2D eigenvalue weighted by Gasteiger charge is 1.86. The van der Waals surface area contributed by atoms with E-state index < -0.39 is 0 Å². The predicted octanol–water partition coefficient (Wildman–Crippen LogP) is 3.70. The molecular formula is C8H11BrNP. The van der Waals surface area contributed by atoms with Crippen molar-refractivity contribution < 1.29 is 0 Å². The third kappa shape index (κ3) is 5.11. The van der Waals surface area contributed by atoms with Crippen LogP contribution >= 0.6 is 25.0 Å². The van der Waals surface area contributed by atoms with Gasteiger partial charge in [0.1, 0.15) is 0 Å². The Morgan fingerprint density at radius 3 is 2.09 bits per heavy atom. The van der Waals surface area contributed by atoms with E-state index in [1.165, 1.54) is 10.0 Å². The first kappa shape index (κ1) is 10.8. The van der Waals surface area contributed by atoms with Gasteiger partial charge < -0.3 is 0 Å². The van der Waals surface area contributed by atoms with Gasteiger partial charge >= 0.3 is 0 Å². The van der Waals surface area contributed by atoms with Crippen LogP contribution in [-0.4, -0.2) is 7.05 Å². The van der Waals surface area contributed by atoms with Crippen LogP contribution in [0.1, 0.15) is 5.56 Å². The highest BCUT2D eigenvalue weighted by atomic mass is 79.9. The van der Waals surface area contributed by atoms with E-state index in [4.69, 9.17) is 0 Å². The number of nitrogens with zero attached hydrogens (tertiary/aromatic N) is 1. The molecule has 0 saturated heterocycles. The van der Waals surface area contributed by atoms with Crippen LogP contribution < -0.4 is 0 Å². The molecule has 0 aliphatic heterocycles. The largest absolute Gasteiger partial charge is 0.275 e. The normalized spacial score (nSPS) is 7.91. The molecule has 0 bridgehead atoms. The molecule has 1 nitrogen and oxygen atoms in total. The summed E-state index contributed by atoms with van der Waals surface area (Å²) >= 11 is 3.40. The first-order chi connectivity index (χ1) is 5.22. The van der Waals surface area contributed by atoms with E-state index in [2.05, 4.69) is 42.7 Å². The van der Waals surface area contributed by atoms with Gasteiger partial charge in [0.15, 0.2) is 0 Å². The maximum Gasteiger partial charge on any atom is 0.0317 e. The minimum atomic E-state index is 1.18. The van der Waals surface area contributed by atoms with E-state index in [1.807, 2.05) is 18.2 Å². The molecule has 11 heavy (non-hydrogen) atoms. The number of halogens is 1. The summed E-state index contributed by atoms with van der Waals surface area (Å²) in [4.78, 5) is 0. The summed E-state index contributed by atoms with van der Waals surface area (Å²) in [5.74, 6) is 0. The van der Waals surface area contributed by atoms with E-state index in [0.29, 0.717) is 0 Å². The van der Waals surface area contributed by atoms with Gasteiger partial charge in [0.2, 0.25) is 0 Å². The highest BCUT2D eigenvalue weighted by Crippen LogP contribution is 2.13. The van der Waals surface area contributed by atoms with Gasteiger partial charge in [-0.1, -0.05) is 34.1 Å². The summed E-state index contributed by atoms with van der Waals surface area (Å²) in [7, 11) is 4.47. The summed E-state index contributed by atoms with van der Waals surface area (Å²) < 4.78 is 4.49. The molecule has 0 unspecified atom stereocenters. The predicted molar refractivity (Wildman–Crippen MR) is 55.5 cm³/mol. The second-order valence-electron chi connectivity index (χ2n) is 1.97. The van der Waals surface area contributed by atoms with E-state index in [1.54, 1.807) is 7.05 Å². The summed E-state index contributed by atoms with van der Waals surface area (Å²) in [5.41, 5.74) is 1.28. The van der Waals surface area contributed by atoms with Gasteiger partial charge in [-0.25, -0.2) is 0 Å². The van der Waals surface area contributed by atoms with Gasteiger partial charge in [0, 0.05) is 11.5 Å². The summed E-state index contributed by atoms with van der Waals surface area (Å²) in [6.45, 7) is 2.07. The van der Waals surface area contributed by atoms with Crippen LogP contribution in [0.5, 0.6) is 0 Å². The van der Waals surface area contributed by atoms with Gasteiger partial charge in [-0.15, -0.1) is 0 Å². The number of hydrogen-bond acceptors (Lipinski definition) is 1. The van der Waals surface area contributed by atoms with E-state index in [0.717, 1.165) is 0 Å². The van der Waals surface area contributed by atoms with E-state index in [9.17, 15) is 0 Å². The zero-order valence-electron chi connectivity index (χ0n) is 6.63. The number of rotatable bonds is 0. The topological polar surface area (TPSA) is 12.4 Å². The second-order valence-corrected chi connectivity index (χ2v) is 3.27. The Balaban J connectivity index is 0.000000292. The first-order valence-electron chi connectivity index (χ1n) is 3.19. The molecular weight excluding hydrogens is 221 g/mol. The smallest absolute Gasteiger partial charge is 0.0317 e. The third-order valence-corrected chi connectivity index (χ3v) is 1.97. The van der Waals surface area contributed by atoms with E-state index in [-0.39, 0.29) is 0 Å². The third-order valence-electron chi connectivity index (χ3n) is 1.08. The average Bonchev–Trinajstić information content (AvgIpc) is 1.97. The van der Waals surface area contributed by atoms with Crippen LogP contribution in [0.3, 0.4) is 0 Å². The summed E-state index contributed by atoms with van der Waals surface area (Å²) in [6.07, 6.45) is 0. The number of aryl methyl sites for hydroxylation is 1. The molecule has 0 spiro atoms. The van der Waals surface area contributed by atoms with Crippen LogP contribution in [0, 0.1) is 6.92 Å². The fraction of sp³-hybridized carbons (Fsp3) is 0.250. The van der Waals surface area contributed by atoms with Crippen molar-refractivity contribution in [1.82, 2.24) is 0 Å². The fourth-order valence-corrected chi connectivity index (χ4v) is 0.836. The molecule has 3 heteroatoms. The maximum atomic E-state index is 3.40. The lowest BCUT2D eigenvalue weighted by Gasteiger charge is -1.91. The molecule has 0 aromatic heterocycles. The molecule has 0 amide bonds. The monoisotopic (exact) mass is 231 g/mol. The highest BCUT2D eigenvalue weighted by molar-refractivity contribution is 9.10. The van der Waals surface area contributed by atoms with Crippen molar-refractivity contribution in [2.45, 2.75) is 6.92 Å². The zero-order chi connectivity index (χ0) is 8.69.